The molecule has 0 radical (unpaired) electrons. The summed E-state index contributed by atoms with van der Waals surface area (Å²) in [6.45, 7) is 8.43. The first-order valence-electron chi connectivity index (χ1n) is 5.60. The van der Waals surface area contributed by atoms with E-state index in [4.69, 9.17) is 0 Å². The number of hydrogen-bond donors (Lipinski definition) is 0. The Morgan fingerprint density at radius 3 is 2.14 bits per heavy atom. The van der Waals surface area contributed by atoms with Crippen molar-refractivity contribution in [3.05, 3.63) is 0 Å². The molecule has 1 aliphatic rings. The van der Waals surface area contributed by atoms with Crippen LogP contribution in [0.2, 0.25) is 0 Å². The SMILES string of the molecule is C[C@H](C(=O)N(C)C1CCC1)C(C)(C)C. The topological polar surface area (TPSA) is 20.3 Å². The first kappa shape index (κ1) is 11.5. The van der Waals surface area contributed by atoms with Crippen LogP contribution in [-0.2, 0) is 4.79 Å². The molecule has 2 heteroatoms. The van der Waals surface area contributed by atoms with Crippen molar-refractivity contribution in [2.24, 2.45) is 11.3 Å². The third-order valence-electron chi connectivity index (χ3n) is 3.64. The second-order valence-electron chi connectivity index (χ2n) is 5.62. The molecule has 0 heterocycles. The quantitative estimate of drug-likeness (QED) is 0.666. The third kappa shape index (κ3) is 2.28. The molecule has 82 valence electrons. The fourth-order valence-corrected chi connectivity index (χ4v) is 1.63. The van der Waals surface area contributed by atoms with E-state index in [1.165, 1.54) is 19.3 Å². The molecule has 1 atom stereocenters. The maximum absolute atomic E-state index is 12.0. The van der Waals surface area contributed by atoms with Crippen molar-refractivity contribution in [1.82, 2.24) is 4.90 Å². The van der Waals surface area contributed by atoms with Crippen molar-refractivity contribution in [2.45, 2.75) is 53.0 Å². The number of rotatable bonds is 2. The molecule has 0 saturated heterocycles. The van der Waals surface area contributed by atoms with Crippen LogP contribution in [0.1, 0.15) is 47.0 Å². The Morgan fingerprint density at radius 1 is 1.36 bits per heavy atom. The van der Waals surface area contributed by atoms with E-state index in [9.17, 15) is 4.79 Å². The Bertz CT molecular complexity index is 213. The summed E-state index contributed by atoms with van der Waals surface area (Å²) in [6, 6.07) is 0.521. The summed E-state index contributed by atoms with van der Waals surface area (Å²) in [5.41, 5.74) is 0.0785. The van der Waals surface area contributed by atoms with Gasteiger partial charge in [0.2, 0.25) is 5.91 Å². The Kier molecular flexibility index (Phi) is 3.23. The summed E-state index contributed by atoms with van der Waals surface area (Å²) < 4.78 is 0. The van der Waals surface area contributed by atoms with E-state index in [2.05, 4.69) is 20.8 Å². The van der Waals surface area contributed by atoms with Crippen molar-refractivity contribution in [2.75, 3.05) is 7.05 Å². The van der Waals surface area contributed by atoms with Crippen LogP contribution in [0.15, 0.2) is 0 Å². The minimum Gasteiger partial charge on any atom is -0.343 e. The Morgan fingerprint density at radius 2 is 1.86 bits per heavy atom. The van der Waals surface area contributed by atoms with Gasteiger partial charge in [-0.05, 0) is 24.7 Å². The molecule has 2 nitrogen and oxygen atoms in total. The van der Waals surface area contributed by atoms with E-state index in [1.54, 1.807) is 0 Å². The molecule has 0 unspecified atom stereocenters. The molecule has 0 aliphatic heterocycles. The van der Waals surface area contributed by atoms with E-state index >= 15 is 0 Å². The summed E-state index contributed by atoms with van der Waals surface area (Å²) in [7, 11) is 1.95. The molecule has 1 fully saturated rings. The Balaban J connectivity index is 2.55. The molecular formula is C12H23NO. The average Bonchev–Trinajstić information content (AvgIpc) is 1.96. The first-order chi connectivity index (χ1) is 6.34. The zero-order chi connectivity index (χ0) is 10.9. The van der Waals surface area contributed by atoms with Gasteiger partial charge in [0.25, 0.3) is 0 Å². The first-order valence-corrected chi connectivity index (χ1v) is 5.60. The molecule has 14 heavy (non-hydrogen) atoms. The van der Waals surface area contributed by atoms with Crippen molar-refractivity contribution < 1.29 is 4.79 Å². The normalized spacial score (nSPS) is 20.1. The van der Waals surface area contributed by atoms with Gasteiger partial charge in [-0.2, -0.15) is 0 Å². The highest BCUT2D eigenvalue weighted by atomic mass is 16.2. The van der Waals surface area contributed by atoms with Crippen LogP contribution in [0.4, 0.5) is 0 Å². The fourth-order valence-electron chi connectivity index (χ4n) is 1.63. The van der Waals surface area contributed by atoms with Crippen LogP contribution in [0, 0.1) is 11.3 Å². The smallest absolute Gasteiger partial charge is 0.225 e. The van der Waals surface area contributed by atoms with E-state index < -0.39 is 0 Å². The molecule has 1 rings (SSSR count). The monoisotopic (exact) mass is 197 g/mol. The van der Waals surface area contributed by atoms with Gasteiger partial charge in [-0.3, -0.25) is 4.79 Å². The number of carbonyl (C=O) groups excluding carboxylic acids is 1. The van der Waals surface area contributed by atoms with Gasteiger partial charge in [0.05, 0.1) is 0 Å². The van der Waals surface area contributed by atoms with Crippen LogP contribution in [-0.4, -0.2) is 23.9 Å². The van der Waals surface area contributed by atoms with Gasteiger partial charge < -0.3 is 4.90 Å². The van der Waals surface area contributed by atoms with Gasteiger partial charge >= 0.3 is 0 Å². The largest absolute Gasteiger partial charge is 0.343 e. The van der Waals surface area contributed by atoms with E-state index in [1.807, 2.05) is 18.9 Å². The van der Waals surface area contributed by atoms with Gasteiger partial charge in [-0.1, -0.05) is 27.7 Å². The minimum absolute atomic E-state index is 0.0785. The maximum Gasteiger partial charge on any atom is 0.225 e. The van der Waals surface area contributed by atoms with Crippen LogP contribution >= 0.6 is 0 Å². The van der Waals surface area contributed by atoms with Crippen molar-refractivity contribution in [3.8, 4) is 0 Å². The number of carbonyl (C=O) groups is 1. The summed E-state index contributed by atoms with van der Waals surface area (Å²) in [5.74, 6) is 0.426. The lowest BCUT2D eigenvalue weighted by Crippen LogP contribution is -2.46. The van der Waals surface area contributed by atoms with E-state index in [-0.39, 0.29) is 11.3 Å². The molecule has 1 amide bonds. The Hall–Kier alpha value is -0.530. The van der Waals surface area contributed by atoms with E-state index in [0.29, 0.717) is 11.9 Å². The predicted molar refractivity (Wildman–Crippen MR) is 59.0 cm³/mol. The second kappa shape index (κ2) is 3.92. The van der Waals surface area contributed by atoms with Gasteiger partial charge in [0.1, 0.15) is 0 Å². The standard InChI is InChI=1S/C12H23NO/c1-9(12(2,3)4)11(14)13(5)10-7-6-8-10/h9-10H,6-8H2,1-5H3/t9-/m1/s1. The summed E-state index contributed by atoms with van der Waals surface area (Å²) in [5, 5.41) is 0. The lowest BCUT2D eigenvalue weighted by Gasteiger charge is -2.38. The number of hydrogen-bond acceptors (Lipinski definition) is 1. The molecule has 0 aromatic carbocycles. The second-order valence-corrected chi connectivity index (χ2v) is 5.62. The predicted octanol–water partition coefficient (Wildman–Crippen LogP) is 2.68. The molecule has 0 bridgehead atoms. The van der Waals surface area contributed by atoms with Crippen LogP contribution in [0.25, 0.3) is 0 Å². The highest BCUT2D eigenvalue weighted by Gasteiger charge is 2.33. The molecule has 0 aromatic heterocycles. The van der Waals surface area contributed by atoms with Crippen LogP contribution in [0.5, 0.6) is 0 Å². The van der Waals surface area contributed by atoms with Crippen LogP contribution in [0.3, 0.4) is 0 Å². The van der Waals surface area contributed by atoms with Crippen molar-refractivity contribution >= 4 is 5.91 Å². The summed E-state index contributed by atoms with van der Waals surface area (Å²) >= 11 is 0. The van der Waals surface area contributed by atoms with Gasteiger partial charge in [-0.15, -0.1) is 0 Å². The summed E-state index contributed by atoms with van der Waals surface area (Å²) in [6.07, 6.45) is 3.67. The lowest BCUT2D eigenvalue weighted by atomic mass is 9.80. The Labute approximate surface area is 87.7 Å². The highest BCUT2D eigenvalue weighted by Crippen LogP contribution is 2.30. The molecular weight excluding hydrogens is 174 g/mol. The molecule has 0 spiro atoms. The zero-order valence-electron chi connectivity index (χ0n) is 10.1. The molecule has 1 aliphatic carbocycles. The lowest BCUT2D eigenvalue weighted by molar-refractivity contribution is -0.140. The fraction of sp³-hybridized carbons (Fsp3) is 0.917. The van der Waals surface area contributed by atoms with E-state index in [0.717, 1.165) is 0 Å². The zero-order valence-corrected chi connectivity index (χ0v) is 10.1. The van der Waals surface area contributed by atoms with Gasteiger partial charge in [0.15, 0.2) is 0 Å². The number of amides is 1. The summed E-state index contributed by atoms with van der Waals surface area (Å²) in [4.78, 5) is 14.0. The molecule has 1 saturated carbocycles. The van der Waals surface area contributed by atoms with Crippen molar-refractivity contribution in [3.63, 3.8) is 0 Å². The number of nitrogens with zero attached hydrogens (tertiary/aromatic N) is 1. The van der Waals surface area contributed by atoms with Gasteiger partial charge in [-0.25, -0.2) is 0 Å². The average molecular weight is 197 g/mol. The van der Waals surface area contributed by atoms with Gasteiger partial charge in [0, 0.05) is 19.0 Å². The molecule has 0 aromatic rings. The molecule has 0 N–H and O–H groups in total. The third-order valence-corrected chi connectivity index (χ3v) is 3.64. The maximum atomic E-state index is 12.0. The van der Waals surface area contributed by atoms with Crippen molar-refractivity contribution in [1.29, 1.82) is 0 Å². The minimum atomic E-state index is 0.0785. The van der Waals surface area contributed by atoms with Crippen LogP contribution < -0.4 is 0 Å². The highest BCUT2D eigenvalue weighted by molar-refractivity contribution is 5.79.